The Balaban J connectivity index is 2.22. The van der Waals surface area contributed by atoms with E-state index < -0.39 is 36.7 Å². The Morgan fingerprint density at radius 3 is 2.63 bits per heavy atom. The average molecular weight is 423 g/mol. The molecule has 1 unspecified atom stereocenters. The molecule has 0 aliphatic rings. The van der Waals surface area contributed by atoms with E-state index in [9.17, 15) is 23.1 Å². The summed E-state index contributed by atoms with van der Waals surface area (Å²) in [6.45, 7) is 2.05. The normalized spacial score (nSPS) is 14.1. The number of allylic oxidation sites excluding steroid dienone is 1. The third kappa shape index (κ3) is 6.21. The molecule has 0 saturated carbocycles. The van der Waals surface area contributed by atoms with Crippen molar-refractivity contribution in [1.82, 2.24) is 10.3 Å². The van der Waals surface area contributed by atoms with Gasteiger partial charge in [0.2, 0.25) is 6.43 Å². The fourth-order valence-electron chi connectivity index (χ4n) is 2.74. The fourth-order valence-corrected chi connectivity index (χ4v) is 2.74. The molecule has 6 nitrogen and oxygen atoms in total. The third-order valence-electron chi connectivity index (χ3n) is 4.33. The van der Waals surface area contributed by atoms with Gasteiger partial charge in [-0.2, -0.15) is 0 Å². The van der Waals surface area contributed by atoms with Crippen LogP contribution >= 0.6 is 0 Å². The number of aliphatic hydroxyl groups is 1. The Kier molecular flexibility index (Phi) is 7.82. The number of nitrogens with zero attached hydrogens (tertiary/aromatic N) is 1. The molecule has 0 fully saturated rings. The van der Waals surface area contributed by atoms with Crippen LogP contribution in [-0.4, -0.2) is 34.6 Å². The van der Waals surface area contributed by atoms with Gasteiger partial charge in [-0.05, 0) is 26.0 Å². The highest BCUT2D eigenvalue weighted by Gasteiger charge is 2.31. The Morgan fingerprint density at radius 1 is 1.33 bits per heavy atom. The number of ether oxygens (including phenoxy) is 1. The smallest absolute Gasteiger partial charge is 0.255 e. The minimum atomic E-state index is -2.72. The van der Waals surface area contributed by atoms with Crippen LogP contribution in [0.15, 0.2) is 48.3 Å². The van der Waals surface area contributed by atoms with Gasteiger partial charge >= 0.3 is 0 Å². The first-order valence-electron chi connectivity index (χ1n) is 9.15. The van der Waals surface area contributed by atoms with Crippen molar-refractivity contribution in [2.24, 2.45) is 5.73 Å². The van der Waals surface area contributed by atoms with Crippen molar-refractivity contribution in [3.8, 4) is 5.75 Å². The number of rotatable bonds is 9. The molecule has 1 amide bonds. The van der Waals surface area contributed by atoms with E-state index >= 15 is 0 Å². The number of amides is 1. The van der Waals surface area contributed by atoms with Gasteiger partial charge in [0.25, 0.3) is 5.91 Å². The predicted octanol–water partition coefficient (Wildman–Crippen LogP) is 3.01. The van der Waals surface area contributed by atoms with Crippen molar-refractivity contribution in [1.29, 1.82) is 0 Å². The predicted molar refractivity (Wildman–Crippen MR) is 106 cm³/mol. The van der Waals surface area contributed by atoms with Gasteiger partial charge in [-0.15, -0.1) is 0 Å². The van der Waals surface area contributed by atoms with Crippen LogP contribution in [0.25, 0.3) is 5.57 Å². The second-order valence-electron chi connectivity index (χ2n) is 7.08. The fraction of sp³-hybridized carbons (Fsp3) is 0.333. The summed E-state index contributed by atoms with van der Waals surface area (Å²) in [5.41, 5.74) is 4.87. The molecular weight excluding hydrogens is 399 g/mol. The van der Waals surface area contributed by atoms with Gasteiger partial charge in [0.15, 0.2) is 0 Å². The summed E-state index contributed by atoms with van der Waals surface area (Å²) in [5.74, 6) is -0.856. The first-order valence-corrected chi connectivity index (χ1v) is 9.15. The summed E-state index contributed by atoms with van der Waals surface area (Å²) in [4.78, 5) is 16.8. The topological polar surface area (TPSA) is 97.5 Å². The maximum Gasteiger partial charge on any atom is 0.255 e. The number of benzene rings is 1. The van der Waals surface area contributed by atoms with Gasteiger partial charge < -0.3 is 20.9 Å². The molecule has 0 aliphatic heterocycles. The Morgan fingerprint density at radius 2 is 2.03 bits per heavy atom. The number of carbonyl (C=O) groups is 1. The van der Waals surface area contributed by atoms with Crippen LogP contribution in [0.1, 0.15) is 31.5 Å². The SMILES string of the molecule is C/C(N)=C(\C(=O)NC(C)(CO)CC(F)F)c1cc(OCc2ccccc2F)ccn1. The Bertz CT molecular complexity index is 917. The number of hydrogen-bond acceptors (Lipinski definition) is 5. The summed E-state index contributed by atoms with van der Waals surface area (Å²) >= 11 is 0. The molecule has 162 valence electrons. The van der Waals surface area contributed by atoms with Gasteiger partial charge in [0, 0.05) is 29.9 Å². The van der Waals surface area contributed by atoms with Gasteiger partial charge in [0.05, 0.1) is 23.4 Å². The quantitative estimate of drug-likeness (QED) is 0.539. The van der Waals surface area contributed by atoms with Gasteiger partial charge in [-0.1, -0.05) is 18.2 Å². The van der Waals surface area contributed by atoms with Crippen molar-refractivity contribution in [2.45, 2.75) is 38.8 Å². The van der Waals surface area contributed by atoms with Crippen molar-refractivity contribution in [2.75, 3.05) is 6.61 Å². The number of hydrogen-bond donors (Lipinski definition) is 3. The van der Waals surface area contributed by atoms with Crippen molar-refractivity contribution in [3.05, 3.63) is 65.4 Å². The number of pyridine rings is 1. The molecule has 0 radical (unpaired) electrons. The number of halogens is 3. The van der Waals surface area contributed by atoms with Crippen molar-refractivity contribution >= 4 is 11.5 Å². The zero-order valence-corrected chi connectivity index (χ0v) is 16.7. The second kappa shape index (κ2) is 10.1. The third-order valence-corrected chi connectivity index (χ3v) is 4.33. The maximum atomic E-state index is 13.7. The van der Waals surface area contributed by atoms with Crippen molar-refractivity contribution < 1.29 is 27.8 Å². The molecule has 1 heterocycles. The largest absolute Gasteiger partial charge is 0.489 e. The van der Waals surface area contributed by atoms with Crippen molar-refractivity contribution in [3.63, 3.8) is 0 Å². The number of aliphatic hydroxyl groups excluding tert-OH is 1. The maximum absolute atomic E-state index is 13.7. The molecule has 2 rings (SSSR count). The van der Waals surface area contributed by atoms with Gasteiger partial charge in [-0.3, -0.25) is 9.78 Å². The first-order chi connectivity index (χ1) is 14.1. The molecular formula is C21H24F3N3O3. The molecule has 4 N–H and O–H groups in total. The second-order valence-corrected chi connectivity index (χ2v) is 7.08. The molecule has 0 spiro atoms. The van der Waals surface area contributed by atoms with Crippen LogP contribution in [0.5, 0.6) is 5.75 Å². The number of nitrogens with two attached hydrogens (primary N) is 1. The average Bonchev–Trinajstić information content (AvgIpc) is 2.67. The van der Waals surface area contributed by atoms with E-state index in [0.717, 1.165) is 0 Å². The van der Waals surface area contributed by atoms with E-state index in [1.807, 2.05) is 0 Å². The monoisotopic (exact) mass is 423 g/mol. The lowest BCUT2D eigenvalue weighted by Crippen LogP contribution is -2.50. The number of carbonyl (C=O) groups excluding carboxylic acids is 1. The zero-order valence-electron chi connectivity index (χ0n) is 16.7. The summed E-state index contributed by atoms with van der Waals surface area (Å²) < 4.78 is 44.9. The van der Waals surface area contributed by atoms with Crippen LogP contribution < -0.4 is 15.8 Å². The molecule has 1 aromatic heterocycles. The summed E-state index contributed by atoms with van der Waals surface area (Å²) in [6, 6.07) is 9.11. The molecule has 0 saturated heterocycles. The summed E-state index contributed by atoms with van der Waals surface area (Å²) in [6.07, 6.45) is -2.07. The van der Waals surface area contributed by atoms with Gasteiger partial charge in [0.1, 0.15) is 18.2 Å². The lowest BCUT2D eigenvalue weighted by molar-refractivity contribution is -0.118. The van der Waals surface area contributed by atoms with Crippen LogP contribution in [0.3, 0.4) is 0 Å². The molecule has 0 aliphatic carbocycles. The standard InChI is InChI=1S/C21H24F3N3O3/c1-13(25)19(20(29)27-21(2,12-28)10-18(23)24)17-9-15(7-8-26-17)30-11-14-5-3-4-6-16(14)22/h3-9,18,28H,10-12,25H2,1-2H3,(H,27,29)/b19-13+. The number of alkyl halides is 2. The molecule has 1 atom stereocenters. The number of nitrogens with one attached hydrogen (secondary N) is 1. The van der Waals surface area contributed by atoms with E-state index in [4.69, 9.17) is 10.5 Å². The van der Waals surface area contributed by atoms with E-state index in [0.29, 0.717) is 11.3 Å². The molecule has 1 aromatic carbocycles. The minimum Gasteiger partial charge on any atom is -0.489 e. The van der Waals surface area contributed by atoms with Gasteiger partial charge in [-0.25, -0.2) is 13.2 Å². The first kappa shape index (κ1) is 23.2. The number of aromatic nitrogens is 1. The zero-order chi connectivity index (χ0) is 22.3. The summed E-state index contributed by atoms with van der Waals surface area (Å²) in [5, 5.41) is 11.9. The lowest BCUT2D eigenvalue weighted by atomic mass is 9.97. The van der Waals surface area contributed by atoms with Crippen LogP contribution in [0, 0.1) is 5.82 Å². The Labute approximate surface area is 172 Å². The minimum absolute atomic E-state index is 0.0414. The van der Waals surface area contributed by atoms with E-state index in [1.165, 1.54) is 38.2 Å². The van der Waals surface area contributed by atoms with E-state index in [2.05, 4.69) is 10.3 Å². The van der Waals surface area contributed by atoms with E-state index in [1.54, 1.807) is 18.2 Å². The van der Waals surface area contributed by atoms with E-state index in [-0.39, 0.29) is 23.6 Å². The van der Waals surface area contributed by atoms with Crippen LogP contribution in [0.4, 0.5) is 13.2 Å². The lowest BCUT2D eigenvalue weighted by Gasteiger charge is -2.29. The highest BCUT2D eigenvalue weighted by atomic mass is 19.3. The highest BCUT2D eigenvalue weighted by Crippen LogP contribution is 2.23. The molecule has 9 heteroatoms. The molecule has 0 bridgehead atoms. The highest BCUT2D eigenvalue weighted by molar-refractivity contribution is 6.20. The summed E-state index contributed by atoms with van der Waals surface area (Å²) in [7, 11) is 0. The molecule has 2 aromatic rings. The molecule has 30 heavy (non-hydrogen) atoms. The Hall–Kier alpha value is -3.07. The van der Waals surface area contributed by atoms with Crippen LogP contribution in [0.2, 0.25) is 0 Å². The van der Waals surface area contributed by atoms with Crippen LogP contribution in [-0.2, 0) is 11.4 Å².